The lowest BCUT2D eigenvalue weighted by molar-refractivity contribution is -0.124. The maximum absolute atomic E-state index is 12.1. The Labute approximate surface area is 119 Å². The van der Waals surface area contributed by atoms with Crippen molar-refractivity contribution in [2.24, 2.45) is 0 Å². The monoisotopic (exact) mass is 297 g/mol. The smallest absolute Gasteiger partial charge is 0.238 e. The Morgan fingerprint density at radius 3 is 2.85 bits per heavy atom. The van der Waals surface area contributed by atoms with E-state index in [0.717, 1.165) is 23.9 Å². The lowest BCUT2D eigenvalue weighted by Gasteiger charge is -2.21. The van der Waals surface area contributed by atoms with Crippen molar-refractivity contribution in [2.75, 3.05) is 12.8 Å². The van der Waals surface area contributed by atoms with Crippen LogP contribution in [0.15, 0.2) is 18.3 Å². The van der Waals surface area contributed by atoms with Crippen LogP contribution in [0.1, 0.15) is 24.1 Å². The summed E-state index contributed by atoms with van der Waals surface area (Å²) in [7, 11) is -3.33. The van der Waals surface area contributed by atoms with Gasteiger partial charge in [0.2, 0.25) is 15.9 Å². The van der Waals surface area contributed by atoms with Crippen LogP contribution in [0.3, 0.4) is 0 Å². The third-order valence-corrected chi connectivity index (χ3v) is 4.66. The number of sulfonamides is 1. The average Bonchev–Trinajstić information content (AvgIpc) is 2.87. The number of aromatic nitrogens is 1. The molecule has 1 fully saturated rings. The van der Waals surface area contributed by atoms with Gasteiger partial charge in [0, 0.05) is 25.0 Å². The number of hydrogen-bond acceptors (Lipinski definition) is 4. The van der Waals surface area contributed by atoms with Gasteiger partial charge in [0.05, 0.1) is 6.26 Å². The van der Waals surface area contributed by atoms with Crippen LogP contribution in [0.5, 0.6) is 0 Å². The number of rotatable bonds is 4. The summed E-state index contributed by atoms with van der Waals surface area (Å²) in [6.45, 7) is 2.67. The van der Waals surface area contributed by atoms with E-state index in [9.17, 15) is 13.2 Å². The third kappa shape index (κ3) is 3.55. The Morgan fingerprint density at radius 2 is 2.25 bits per heavy atom. The summed E-state index contributed by atoms with van der Waals surface area (Å²) in [5, 5.41) is 2.78. The molecule has 6 nitrogen and oxygen atoms in total. The van der Waals surface area contributed by atoms with Gasteiger partial charge in [-0.05, 0) is 31.4 Å². The molecule has 20 heavy (non-hydrogen) atoms. The van der Waals surface area contributed by atoms with Crippen molar-refractivity contribution in [1.82, 2.24) is 14.6 Å². The highest BCUT2D eigenvalue weighted by molar-refractivity contribution is 7.88. The molecule has 0 radical (unpaired) electrons. The van der Waals surface area contributed by atoms with Crippen molar-refractivity contribution in [3.05, 3.63) is 29.6 Å². The van der Waals surface area contributed by atoms with Crippen molar-refractivity contribution in [3.8, 4) is 0 Å². The molecule has 0 aliphatic carbocycles. The fourth-order valence-electron chi connectivity index (χ4n) is 2.31. The van der Waals surface area contributed by atoms with Gasteiger partial charge in [-0.3, -0.25) is 9.78 Å². The summed E-state index contributed by atoms with van der Waals surface area (Å²) in [4.78, 5) is 16.3. The van der Waals surface area contributed by atoms with Crippen LogP contribution in [0.2, 0.25) is 0 Å². The summed E-state index contributed by atoms with van der Waals surface area (Å²) in [5.74, 6) is -0.242. The minimum Gasteiger partial charge on any atom is -0.351 e. The summed E-state index contributed by atoms with van der Waals surface area (Å²) in [5.41, 5.74) is 1.81. The van der Waals surface area contributed by atoms with Crippen LogP contribution in [0, 0.1) is 6.92 Å². The maximum atomic E-state index is 12.1. The number of hydrogen-bond donors (Lipinski definition) is 1. The van der Waals surface area contributed by atoms with Crippen molar-refractivity contribution in [2.45, 2.75) is 32.4 Å². The largest absolute Gasteiger partial charge is 0.351 e. The SMILES string of the molecule is Cc1ccc(CNC(=O)C2CCCN2S(C)(=O)=O)cn1. The molecule has 0 aromatic carbocycles. The highest BCUT2D eigenvalue weighted by Gasteiger charge is 2.36. The molecule has 2 rings (SSSR count). The second kappa shape index (κ2) is 5.88. The van der Waals surface area contributed by atoms with Crippen LogP contribution in [0.4, 0.5) is 0 Å². The highest BCUT2D eigenvalue weighted by Crippen LogP contribution is 2.20. The van der Waals surface area contributed by atoms with Gasteiger partial charge in [0.15, 0.2) is 0 Å². The van der Waals surface area contributed by atoms with E-state index in [2.05, 4.69) is 10.3 Å². The average molecular weight is 297 g/mol. The number of aryl methyl sites for hydroxylation is 1. The minimum atomic E-state index is -3.33. The minimum absolute atomic E-state index is 0.242. The first-order chi connectivity index (χ1) is 9.38. The molecule has 1 amide bonds. The van der Waals surface area contributed by atoms with Gasteiger partial charge >= 0.3 is 0 Å². The molecule has 7 heteroatoms. The van der Waals surface area contributed by atoms with Gasteiger partial charge in [0.25, 0.3) is 0 Å². The quantitative estimate of drug-likeness (QED) is 0.874. The molecule has 1 aliphatic rings. The predicted molar refractivity (Wildman–Crippen MR) is 75.4 cm³/mol. The van der Waals surface area contributed by atoms with Crippen molar-refractivity contribution in [3.63, 3.8) is 0 Å². The van der Waals surface area contributed by atoms with E-state index < -0.39 is 16.1 Å². The fraction of sp³-hybridized carbons (Fsp3) is 0.538. The zero-order valence-corrected chi connectivity index (χ0v) is 12.5. The molecule has 1 atom stereocenters. The first kappa shape index (κ1) is 14.9. The van der Waals surface area contributed by atoms with E-state index in [-0.39, 0.29) is 5.91 Å². The summed E-state index contributed by atoms with van der Waals surface area (Å²) < 4.78 is 24.5. The second-order valence-corrected chi connectivity index (χ2v) is 6.99. The van der Waals surface area contributed by atoms with Gasteiger partial charge in [-0.15, -0.1) is 0 Å². The summed E-state index contributed by atoms with van der Waals surface area (Å²) in [6, 6.07) is 3.19. The first-order valence-electron chi connectivity index (χ1n) is 6.54. The Bertz CT molecular complexity index is 583. The zero-order chi connectivity index (χ0) is 14.8. The van der Waals surface area contributed by atoms with Crippen LogP contribution in [0.25, 0.3) is 0 Å². The Hall–Kier alpha value is -1.47. The number of carbonyl (C=O) groups excluding carboxylic acids is 1. The molecule has 1 saturated heterocycles. The third-order valence-electron chi connectivity index (χ3n) is 3.37. The standard InChI is InChI=1S/C13H19N3O3S/c1-10-5-6-11(8-14-10)9-15-13(17)12-4-3-7-16(12)20(2,18)19/h5-6,8,12H,3-4,7,9H2,1-2H3,(H,15,17). The summed E-state index contributed by atoms with van der Waals surface area (Å²) >= 11 is 0. The van der Waals surface area contributed by atoms with Gasteiger partial charge < -0.3 is 5.32 Å². The fourth-order valence-corrected chi connectivity index (χ4v) is 3.43. The van der Waals surface area contributed by atoms with E-state index in [1.54, 1.807) is 6.20 Å². The molecule has 1 N–H and O–H groups in total. The molecule has 1 aromatic heterocycles. The molecule has 0 saturated carbocycles. The van der Waals surface area contributed by atoms with E-state index in [0.29, 0.717) is 19.5 Å². The number of amides is 1. The normalized spacial score (nSPS) is 20.0. The van der Waals surface area contributed by atoms with Crippen LogP contribution in [-0.4, -0.2) is 42.5 Å². The molecule has 1 aromatic rings. The van der Waals surface area contributed by atoms with Crippen LogP contribution in [-0.2, 0) is 21.4 Å². The summed E-state index contributed by atoms with van der Waals surface area (Å²) in [6.07, 6.45) is 4.14. The Morgan fingerprint density at radius 1 is 1.50 bits per heavy atom. The Kier molecular flexibility index (Phi) is 4.39. The number of carbonyl (C=O) groups is 1. The highest BCUT2D eigenvalue weighted by atomic mass is 32.2. The molecule has 0 bridgehead atoms. The molecule has 2 heterocycles. The van der Waals surface area contributed by atoms with Gasteiger partial charge in [0.1, 0.15) is 6.04 Å². The van der Waals surface area contributed by atoms with E-state index in [1.165, 1.54) is 4.31 Å². The van der Waals surface area contributed by atoms with Gasteiger partial charge in [-0.1, -0.05) is 6.07 Å². The topological polar surface area (TPSA) is 79.4 Å². The van der Waals surface area contributed by atoms with Crippen molar-refractivity contribution >= 4 is 15.9 Å². The molecule has 110 valence electrons. The molecule has 1 aliphatic heterocycles. The second-order valence-electron chi connectivity index (χ2n) is 5.06. The van der Waals surface area contributed by atoms with E-state index in [4.69, 9.17) is 0 Å². The number of nitrogens with one attached hydrogen (secondary N) is 1. The number of nitrogens with zero attached hydrogens (tertiary/aromatic N) is 2. The predicted octanol–water partition coefficient (Wildman–Crippen LogP) is 0.430. The van der Waals surface area contributed by atoms with Gasteiger partial charge in [-0.2, -0.15) is 4.31 Å². The molecule has 1 unspecified atom stereocenters. The van der Waals surface area contributed by atoms with Gasteiger partial charge in [-0.25, -0.2) is 8.42 Å². The Balaban J connectivity index is 1.96. The first-order valence-corrected chi connectivity index (χ1v) is 8.39. The van der Waals surface area contributed by atoms with E-state index in [1.807, 2.05) is 19.1 Å². The van der Waals surface area contributed by atoms with E-state index >= 15 is 0 Å². The molecule has 0 spiro atoms. The van der Waals surface area contributed by atoms with Crippen molar-refractivity contribution < 1.29 is 13.2 Å². The van der Waals surface area contributed by atoms with Crippen LogP contribution < -0.4 is 5.32 Å². The lowest BCUT2D eigenvalue weighted by atomic mass is 10.2. The zero-order valence-electron chi connectivity index (χ0n) is 11.7. The van der Waals surface area contributed by atoms with Crippen molar-refractivity contribution in [1.29, 1.82) is 0 Å². The van der Waals surface area contributed by atoms with Crippen LogP contribution >= 0.6 is 0 Å². The molecular formula is C13H19N3O3S. The number of pyridine rings is 1. The molecular weight excluding hydrogens is 278 g/mol. The lowest BCUT2D eigenvalue weighted by Crippen LogP contribution is -2.45. The maximum Gasteiger partial charge on any atom is 0.238 e.